The van der Waals surface area contributed by atoms with Gasteiger partial charge in [0.2, 0.25) is 0 Å². The lowest BCUT2D eigenvalue weighted by Crippen LogP contribution is -2.31. The number of rotatable bonds is 6. The Balaban J connectivity index is 2.43. The summed E-state index contributed by atoms with van der Waals surface area (Å²) in [6.45, 7) is 3.81. The largest absolute Gasteiger partial charge is 0.496 e. The number of urea groups is 1. The molecular weight excluding hydrogens is 260 g/mol. The molecule has 0 saturated carbocycles. The van der Waals surface area contributed by atoms with E-state index in [9.17, 15) is 9.59 Å². The van der Waals surface area contributed by atoms with Gasteiger partial charge in [-0.05, 0) is 37.1 Å². The summed E-state index contributed by atoms with van der Waals surface area (Å²) in [7, 11) is 1.59. The third kappa shape index (κ3) is 4.79. The van der Waals surface area contributed by atoms with E-state index in [1.54, 1.807) is 32.2 Å². The highest BCUT2D eigenvalue weighted by atomic mass is 16.5. The number of hydrogen-bond acceptors (Lipinski definition) is 3. The molecule has 0 aliphatic heterocycles. The summed E-state index contributed by atoms with van der Waals surface area (Å²) in [5.41, 5.74) is 1.58. The van der Waals surface area contributed by atoms with E-state index in [1.807, 2.05) is 6.92 Å². The Hall–Kier alpha value is -2.24. The normalized spacial score (nSPS) is 11.6. The zero-order valence-electron chi connectivity index (χ0n) is 11.9. The molecule has 0 aromatic heterocycles. The van der Waals surface area contributed by atoms with Gasteiger partial charge in [-0.2, -0.15) is 0 Å². The molecule has 3 N–H and O–H groups in total. The molecule has 1 rings (SSSR count). The van der Waals surface area contributed by atoms with Gasteiger partial charge in [0, 0.05) is 12.2 Å². The Morgan fingerprint density at radius 1 is 1.40 bits per heavy atom. The van der Waals surface area contributed by atoms with Crippen LogP contribution in [0.15, 0.2) is 18.2 Å². The van der Waals surface area contributed by atoms with Gasteiger partial charge in [-0.15, -0.1) is 0 Å². The minimum absolute atomic E-state index is 0.314. The lowest BCUT2D eigenvalue weighted by Gasteiger charge is -2.11. The van der Waals surface area contributed by atoms with E-state index in [-0.39, 0.29) is 6.03 Å². The van der Waals surface area contributed by atoms with E-state index in [4.69, 9.17) is 9.84 Å². The minimum Gasteiger partial charge on any atom is -0.496 e. The average molecular weight is 280 g/mol. The van der Waals surface area contributed by atoms with Gasteiger partial charge >= 0.3 is 12.0 Å². The van der Waals surface area contributed by atoms with Crippen LogP contribution in [0.3, 0.4) is 0 Å². The fourth-order valence-electron chi connectivity index (χ4n) is 1.66. The number of carbonyl (C=O) groups is 2. The van der Waals surface area contributed by atoms with E-state index < -0.39 is 11.9 Å². The van der Waals surface area contributed by atoms with E-state index in [2.05, 4.69) is 10.6 Å². The van der Waals surface area contributed by atoms with Gasteiger partial charge in [0.05, 0.1) is 13.0 Å². The second-order valence-corrected chi connectivity index (χ2v) is 4.59. The molecule has 6 nitrogen and oxygen atoms in total. The highest BCUT2D eigenvalue weighted by Crippen LogP contribution is 2.21. The fourth-order valence-corrected chi connectivity index (χ4v) is 1.66. The number of carboxylic acids is 1. The minimum atomic E-state index is -0.863. The number of benzene rings is 1. The van der Waals surface area contributed by atoms with Crippen LogP contribution in [-0.2, 0) is 4.79 Å². The van der Waals surface area contributed by atoms with Gasteiger partial charge in [0.25, 0.3) is 0 Å². The van der Waals surface area contributed by atoms with Gasteiger partial charge < -0.3 is 20.5 Å². The summed E-state index contributed by atoms with van der Waals surface area (Å²) in [6, 6.07) is 4.97. The Morgan fingerprint density at radius 2 is 2.10 bits per heavy atom. The first-order chi connectivity index (χ1) is 9.43. The molecule has 1 aromatic carbocycles. The van der Waals surface area contributed by atoms with Crippen LogP contribution in [0.4, 0.5) is 10.5 Å². The molecule has 0 heterocycles. The SMILES string of the molecule is COc1ccc(NC(=O)NCCC(C)C(=O)O)cc1C. The molecule has 0 aliphatic rings. The summed E-state index contributed by atoms with van der Waals surface area (Å²) in [5.74, 6) is -0.581. The van der Waals surface area contributed by atoms with Crippen molar-refractivity contribution in [2.24, 2.45) is 5.92 Å². The van der Waals surface area contributed by atoms with Crippen molar-refractivity contribution in [3.8, 4) is 5.75 Å². The molecule has 0 radical (unpaired) electrons. The van der Waals surface area contributed by atoms with Crippen LogP contribution in [-0.4, -0.2) is 30.8 Å². The molecule has 1 atom stereocenters. The highest BCUT2D eigenvalue weighted by Gasteiger charge is 2.11. The smallest absolute Gasteiger partial charge is 0.319 e. The maximum Gasteiger partial charge on any atom is 0.319 e. The van der Waals surface area contributed by atoms with Gasteiger partial charge in [-0.3, -0.25) is 4.79 Å². The van der Waals surface area contributed by atoms with Crippen LogP contribution in [0.2, 0.25) is 0 Å². The topological polar surface area (TPSA) is 87.7 Å². The highest BCUT2D eigenvalue weighted by molar-refractivity contribution is 5.89. The Bertz CT molecular complexity index is 488. The first kappa shape index (κ1) is 15.8. The number of anilines is 1. The van der Waals surface area contributed by atoms with Gasteiger partial charge in [-0.25, -0.2) is 4.79 Å². The number of methoxy groups -OCH3 is 1. The van der Waals surface area contributed by atoms with Crippen LogP contribution in [0.25, 0.3) is 0 Å². The molecule has 0 saturated heterocycles. The molecular formula is C14H20N2O4. The number of amides is 2. The zero-order valence-corrected chi connectivity index (χ0v) is 11.9. The summed E-state index contributed by atoms with van der Waals surface area (Å²) in [5, 5.41) is 14.0. The number of carbonyl (C=O) groups excluding carboxylic acids is 1. The summed E-state index contributed by atoms with van der Waals surface area (Å²) in [6.07, 6.45) is 0.393. The molecule has 1 aromatic rings. The van der Waals surface area contributed by atoms with Crippen molar-refractivity contribution < 1.29 is 19.4 Å². The van der Waals surface area contributed by atoms with Crippen LogP contribution in [0.5, 0.6) is 5.75 Å². The Kier molecular flexibility index (Phi) is 5.83. The number of ether oxygens (including phenoxy) is 1. The summed E-state index contributed by atoms with van der Waals surface area (Å²) >= 11 is 0. The molecule has 20 heavy (non-hydrogen) atoms. The lowest BCUT2D eigenvalue weighted by atomic mass is 10.1. The van der Waals surface area contributed by atoms with E-state index in [1.165, 1.54) is 0 Å². The van der Waals surface area contributed by atoms with Crippen molar-refractivity contribution in [3.05, 3.63) is 23.8 Å². The van der Waals surface area contributed by atoms with Gasteiger partial charge in [0.1, 0.15) is 5.75 Å². The van der Waals surface area contributed by atoms with Crippen molar-refractivity contribution in [2.75, 3.05) is 19.0 Å². The van der Waals surface area contributed by atoms with Crippen molar-refractivity contribution in [2.45, 2.75) is 20.3 Å². The predicted molar refractivity (Wildman–Crippen MR) is 76.2 cm³/mol. The van der Waals surface area contributed by atoms with Crippen molar-refractivity contribution >= 4 is 17.7 Å². The van der Waals surface area contributed by atoms with Gasteiger partial charge in [0.15, 0.2) is 0 Å². The standard InChI is InChI=1S/C14H20N2O4/c1-9(13(17)18)6-7-15-14(19)16-11-4-5-12(20-3)10(2)8-11/h4-5,8-9H,6-7H2,1-3H3,(H,17,18)(H2,15,16,19). The van der Waals surface area contributed by atoms with E-state index >= 15 is 0 Å². The number of aliphatic carboxylic acids is 1. The third-order valence-corrected chi connectivity index (χ3v) is 2.94. The van der Waals surface area contributed by atoms with Crippen molar-refractivity contribution in [1.82, 2.24) is 5.32 Å². The molecule has 0 fully saturated rings. The number of aryl methyl sites for hydroxylation is 1. The summed E-state index contributed by atoms with van der Waals surface area (Å²) in [4.78, 5) is 22.3. The Morgan fingerprint density at radius 3 is 2.65 bits per heavy atom. The Labute approximate surface area is 118 Å². The fraction of sp³-hybridized carbons (Fsp3) is 0.429. The van der Waals surface area contributed by atoms with Crippen LogP contribution >= 0.6 is 0 Å². The molecule has 0 bridgehead atoms. The molecule has 2 amide bonds. The average Bonchev–Trinajstić information content (AvgIpc) is 2.38. The monoisotopic (exact) mass is 280 g/mol. The third-order valence-electron chi connectivity index (χ3n) is 2.94. The van der Waals surface area contributed by atoms with Crippen LogP contribution in [0.1, 0.15) is 18.9 Å². The lowest BCUT2D eigenvalue weighted by molar-refractivity contribution is -0.141. The number of hydrogen-bond donors (Lipinski definition) is 3. The number of carboxylic acid groups (broad SMARTS) is 1. The first-order valence-corrected chi connectivity index (χ1v) is 6.36. The molecule has 0 aliphatic carbocycles. The van der Waals surface area contributed by atoms with Gasteiger partial charge in [-0.1, -0.05) is 6.92 Å². The number of nitrogens with one attached hydrogen (secondary N) is 2. The van der Waals surface area contributed by atoms with Crippen LogP contribution in [0, 0.1) is 12.8 Å². The second kappa shape index (κ2) is 7.37. The molecule has 6 heteroatoms. The van der Waals surface area contributed by atoms with Crippen molar-refractivity contribution in [1.29, 1.82) is 0 Å². The quantitative estimate of drug-likeness (QED) is 0.745. The maximum atomic E-state index is 11.6. The maximum absolute atomic E-state index is 11.6. The van der Waals surface area contributed by atoms with Crippen LogP contribution < -0.4 is 15.4 Å². The molecule has 0 spiro atoms. The molecule has 1 unspecified atom stereocenters. The van der Waals surface area contributed by atoms with Crippen molar-refractivity contribution in [3.63, 3.8) is 0 Å². The van der Waals surface area contributed by atoms with E-state index in [0.717, 1.165) is 11.3 Å². The zero-order chi connectivity index (χ0) is 15.1. The second-order valence-electron chi connectivity index (χ2n) is 4.59. The summed E-state index contributed by atoms with van der Waals surface area (Å²) < 4.78 is 5.13. The molecule has 110 valence electrons. The predicted octanol–water partition coefficient (Wildman–Crippen LogP) is 2.24. The van der Waals surface area contributed by atoms with E-state index in [0.29, 0.717) is 18.7 Å². The first-order valence-electron chi connectivity index (χ1n) is 6.36.